The van der Waals surface area contributed by atoms with Crippen molar-refractivity contribution in [2.24, 2.45) is 17.8 Å². The summed E-state index contributed by atoms with van der Waals surface area (Å²) < 4.78 is 45.1. The van der Waals surface area contributed by atoms with Gasteiger partial charge in [-0.25, -0.2) is 0 Å². The van der Waals surface area contributed by atoms with Gasteiger partial charge in [0, 0.05) is 31.7 Å². The Labute approximate surface area is 424 Å². The first-order valence-electron chi connectivity index (χ1n) is 24.5. The Balaban J connectivity index is 1.58. The number of Topliss-reactive ketones (excluding diaryl/α,β-unsaturated/α-hetero) is 1. The number of carbonyl (C=O) groups is 3. The van der Waals surface area contributed by atoms with Gasteiger partial charge in [-0.1, -0.05) is 68.2 Å². The predicted molar refractivity (Wildman–Crippen MR) is 267 cm³/mol. The van der Waals surface area contributed by atoms with Crippen LogP contribution in [-0.2, 0) is 54.0 Å². The summed E-state index contributed by atoms with van der Waals surface area (Å²) in [6.07, 6.45) is -8.33. The van der Waals surface area contributed by atoms with E-state index in [1.165, 1.54) is 14.0 Å². The number of esters is 2. The Kier molecular flexibility index (Phi) is 19.8. The SMILES string of the molecule is CC[C@H]1OC(=O)[C@H](C)[C@@H](O[C@H]2C[C@@](C)(OC)[C@@H](O)[C@H](C)O2)[C@H](C)[C@@H](O[C@@H]2O[C@H](C)CC(N(C)C)[C@H]2OC(=O)Cc2ccccc2Nc2c(Cl)cccc2Cl)[C@](C)(O)C[C@@H](C)CN(C)[C@H](C)C(=O)[C@]1(C)O. The van der Waals surface area contributed by atoms with Crippen LogP contribution in [0.5, 0.6) is 0 Å². The van der Waals surface area contributed by atoms with Gasteiger partial charge in [0.05, 0.1) is 75.8 Å². The number of hydrogen-bond acceptors (Lipinski definition) is 16. The molecule has 3 aliphatic rings. The molecule has 0 saturated carbocycles. The topological polar surface area (TPSA) is 195 Å². The number of para-hydroxylation sites is 2. The third-order valence-electron chi connectivity index (χ3n) is 14.8. The van der Waals surface area contributed by atoms with Crippen molar-refractivity contribution in [1.82, 2.24) is 9.80 Å². The summed E-state index contributed by atoms with van der Waals surface area (Å²) in [5, 5.41) is 40.0. The van der Waals surface area contributed by atoms with Gasteiger partial charge in [-0.15, -0.1) is 0 Å². The molecule has 0 amide bonds. The molecule has 3 saturated heterocycles. The lowest BCUT2D eigenvalue weighted by Crippen LogP contribution is -2.61. The van der Waals surface area contributed by atoms with Gasteiger partial charge in [0.15, 0.2) is 30.1 Å². The van der Waals surface area contributed by atoms with E-state index in [-0.39, 0.29) is 37.7 Å². The molecule has 17 atom stereocenters. The minimum absolute atomic E-state index is 0.0693. The fourth-order valence-corrected chi connectivity index (χ4v) is 11.1. The number of halogens is 2. The molecule has 0 spiro atoms. The van der Waals surface area contributed by atoms with Gasteiger partial charge < -0.3 is 58.7 Å². The number of aliphatic hydroxyl groups excluding tert-OH is 1. The zero-order valence-electron chi connectivity index (χ0n) is 43.4. The molecule has 2 aromatic rings. The van der Waals surface area contributed by atoms with E-state index < -0.39 is 108 Å². The summed E-state index contributed by atoms with van der Waals surface area (Å²) in [5.41, 5.74) is -3.14. The maximum absolute atomic E-state index is 14.6. The van der Waals surface area contributed by atoms with E-state index in [1.54, 1.807) is 79.8 Å². The summed E-state index contributed by atoms with van der Waals surface area (Å²) >= 11 is 13.0. The largest absolute Gasteiger partial charge is 0.459 e. The van der Waals surface area contributed by atoms with E-state index in [9.17, 15) is 29.7 Å². The lowest BCUT2D eigenvalue weighted by atomic mass is 9.77. The van der Waals surface area contributed by atoms with Crippen molar-refractivity contribution in [3.8, 4) is 0 Å². The van der Waals surface area contributed by atoms with E-state index >= 15 is 0 Å². The zero-order chi connectivity index (χ0) is 52.2. The molecule has 3 heterocycles. The van der Waals surface area contributed by atoms with Crippen LogP contribution in [0.3, 0.4) is 0 Å². The standard InChI is InChI=1S/C52H79Cl2N3O13/c1-15-39-52(10,63)45(59)32(6)57(13)27-28(2)25-50(8,62)47(30(4)43(31(5)48(61)67-39)69-41-26-51(9,64-14)46(60)33(7)66-41)70-49-44(38(56(11)12)23-29(3)65-49)68-40(58)24-34-19-16-17-22-37(34)55-42-35(53)20-18-21-36(42)54/h16-22,28-33,38-39,41,43-44,46-47,49,55,60,62-63H,15,23-27H2,1-14H3/t28-,29-,30+,31-,32-,33+,38?,39-,41+,43+,44-,46+,47-,49+,50-,51-,52-/m1/s1. The number of anilines is 2. The van der Waals surface area contributed by atoms with Crippen LogP contribution < -0.4 is 5.32 Å². The van der Waals surface area contributed by atoms with E-state index in [2.05, 4.69) is 5.32 Å². The third kappa shape index (κ3) is 13.4. The highest BCUT2D eigenvalue weighted by atomic mass is 35.5. The van der Waals surface area contributed by atoms with Gasteiger partial charge in [0.25, 0.3) is 0 Å². The lowest BCUT2D eigenvalue weighted by molar-refractivity contribution is -0.319. The molecule has 4 N–H and O–H groups in total. The minimum Gasteiger partial charge on any atom is -0.459 e. The van der Waals surface area contributed by atoms with Crippen molar-refractivity contribution in [1.29, 1.82) is 0 Å². The Hall–Kier alpha value is -2.97. The Bertz CT molecular complexity index is 2080. The number of benzene rings is 2. The molecular weight excluding hydrogens is 945 g/mol. The van der Waals surface area contributed by atoms with E-state index in [0.717, 1.165) is 0 Å². The quantitative estimate of drug-likeness (QED) is 0.159. The normalized spacial score (nSPS) is 38.6. The number of hydrogen-bond donors (Lipinski definition) is 4. The molecular formula is C52H79Cl2N3O13. The molecule has 0 aromatic heterocycles. The Morgan fingerprint density at radius 2 is 1.57 bits per heavy atom. The number of ether oxygens (including phenoxy) is 7. The van der Waals surface area contributed by atoms with E-state index in [0.29, 0.717) is 39.9 Å². The van der Waals surface area contributed by atoms with Crippen molar-refractivity contribution in [2.45, 2.75) is 186 Å². The van der Waals surface area contributed by atoms with Crippen LogP contribution in [-0.4, -0.2) is 162 Å². The first-order valence-corrected chi connectivity index (χ1v) is 25.3. The number of cyclic esters (lactones) is 1. The molecule has 3 fully saturated rings. The van der Waals surface area contributed by atoms with Crippen LogP contribution in [0.25, 0.3) is 0 Å². The number of likely N-dealkylation sites (N-methyl/N-ethyl adjacent to an activating group) is 2. The second-order valence-corrected chi connectivity index (χ2v) is 21.8. The molecule has 0 bridgehead atoms. The van der Waals surface area contributed by atoms with Crippen LogP contribution in [0.2, 0.25) is 10.0 Å². The number of nitrogens with zero attached hydrogens (tertiary/aromatic N) is 2. The minimum atomic E-state index is -2.05. The fraction of sp³-hybridized carbons (Fsp3) is 0.712. The number of methoxy groups -OCH3 is 1. The maximum atomic E-state index is 14.6. The summed E-state index contributed by atoms with van der Waals surface area (Å²) in [7, 11) is 7.03. The molecule has 0 aliphatic carbocycles. The Morgan fingerprint density at radius 1 is 0.929 bits per heavy atom. The number of carbonyl (C=O) groups excluding carboxylic acids is 3. The number of rotatable bonds is 12. The van der Waals surface area contributed by atoms with Crippen LogP contribution >= 0.6 is 23.2 Å². The highest BCUT2D eigenvalue weighted by molar-refractivity contribution is 6.39. The highest BCUT2D eigenvalue weighted by Crippen LogP contribution is 2.41. The summed E-state index contributed by atoms with van der Waals surface area (Å²) in [4.78, 5) is 46.7. The van der Waals surface area contributed by atoms with Gasteiger partial charge in [0.1, 0.15) is 12.2 Å². The lowest BCUT2D eigenvalue weighted by Gasteiger charge is -2.49. The molecule has 70 heavy (non-hydrogen) atoms. The van der Waals surface area contributed by atoms with Crippen LogP contribution in [0.15, 0.2) is 42.5 Å². The molecule has 1 unspecified atom stereocenters. The monoisotopic (exact) mass is 1020 g/mol. The van der Waals surface area contributed by atoms with Crippen molar-refractivity contribution in [2.75, 3.05) is 40.1 Å². The van der Waals surface area contributed by atoms with Crippen molar-refractivity contribution < 1.29 is 62.9 Å². The molecule has 2 aromatic carbocycles. The first kappa shape index (κ1) is 57.9. The second-order valence-electron chi connectivity index (χ2n) is 21.0. The van der Waals surface area contributed by atoms with Gasteiger partial charge in [-0.05, 0) is 119 Å². The van der Waals surface area contributed by atoms with Gasteiger partial charge in [0.2, 0.25) is 0 Å². The summed E-state index contributed by atoms with van der Waals surface area (Å²) in [6.45, 7) is 17.5. The molecule has 18 heteroatoms. The molecule has 16 nitrogen and oxygen atoms in total. The van der Waals surface area contributed by atoms with Crippen molar-refractivity contribution in [3.05, 3.63) is 58.1 Å². The average molecular weight is 1030 g/mol. The number of nitrogens with one attached hydrogen (secondary N) is 1. The second kappa shape index (κ2) is 23.9. The highest BCUT2D eigenvalue weighted by Gasteiger charge is 2.53. The van der Waals surface area contributed by atoms with Crippen molar-refractivity contribution >= 4 is 52.3 Å². The first-order chi connectivity index (χ1) is 32.6. The average Bonchev–Trinajstić information content (AvgIpc) is 3.28. The van der Waals surface area contributed by atoms with E-state index in [1.807, 2.05) is 55.9 Å². The zero-order valence-corrected chi connectivity index (χ0v) is 45.0. The number of ketones is 1. The van der Waals surface area contributed by atoms with Gasteiger partial charge in [-0.3, -0.25) is 19.3 Å². The smallest absolute Gasteiger partial charge is 0.311 e. The molecule has 0 radical (unpaired) electrons. The third-order valence-corrected chi connectivity index (χ3v) is 15.4. The summed E-state index contributed by atoms with van der Waals surface area (Å²) in [6, 6.07) is 11.2. The van der Waals surface area contributed by atoms with Crippen LogP contribution in [0, 0.1) is 17.8 Å². The van der Waals surface area contributed by atoms with Crippen LogP contribution in [0.1, 0.15) is 100 Å². The predicted octanol–water partition coefficient (Wildman–Crippen LogP) is 6.95. The molecule has 5 rings (SSSR count). The van der Waals surface area contributed by atoms with Crippen molar-refractivity contribution in [3.63, 3.8) is 0 Å². The van der Waals surface area contributed by atoms with E-state index in [4.69, 9.17) is 56.4 Å². The van der Waals surface area contributed by atoms with Gasteiger partial charge >= 0.3 is 11.9 Å². The maximum Gasteiger partial charge on any atom is 0.311 e. The molecule has 394 valence electrons. The number of aliphatic hydroxyl groups is 3. The van der Waals surface area contributed by atoms with Gasteiger partial charge in [-0.2, -0.15) is 0 Å². The summed E-state index contributed by atoms with van der Waals surface area (Å²) in [5.74, 6) is -4.14. The Morgan fingerprint density at radius 3 is 2.19 bits per heavy atom. The van der Waals surface area contributed by atoms with Crippen LogP contribution in [0.4, 0.5) is 11.4 Å². The molecule has 3 aliphatic heterocycles. The fourth-order valence-electron chi connectivity index (χ4n) is 10.6.